The van der Waals surface area contributed by atoms with Gasteiger partial charge in [-0.05, 0) is 50.1 Å². The predicted octanol–water partition coefficient (Wildman–Crippen LogP) is 4.36. The van der Waals surface area contributed by atoms with Crippen molar-refractivity contribution in [2.75, 3.05) is 6.61 Å². The molecule has 1 N–H and O–H groups in total. The average Bonchev–Trinajstić information content (AvgIpc) is 2.89. The minimum atomic E-state index is -0.546. The molecule has 0 spiro atoms. The number of nitrogens with zero attached hydrogens (tertiary/aromatic N) is 1. The lowest BCUT2D eigenvalue weighted by Gasteiger charge is -2.07. The van der Waals surface area contributed by atoms with Crippen molar-refractivity contribution in [2.24, 2.45) is 0 Å². The SMILES string of the molecule is CCOC(=O)/C(=C\c1ccc(Cl)cc1)c1nc2sc(C)c(C)c2c(=O)[nH]1. The second kappa shape index (κ2) is 7.43. The maximum atomic E-state index is 12.5. The molecule has 0 aliphatic heterocycles. The predicted molar refractivity (Wildman–Crippen MR) is 106 cm³/mol. The Morgan fingerprint density at radius 2 is 2.00 bits per heavy atom. The van der Waals surface area contributed by atoms with Crippen LogP contribution in [0, 0.1) is 13.8 Å². The van der Waals surface area contributed by atoms with Gasteiger partial charge in [-0.3, -0.25) is 4.79 Å². The number of aromatic amines is 1. The molecule has 0 aliphatic carbocycles. The number of H-pyrrole nitrogens is 1. The fourth-order valence-corrected chi connectivity index (χ4v) is 3.70. The van der Waals surface area contributed by atoms with Crippen LogP contribution in [0.1, 0.15) is 28.8 Å². The molecule has 0 atom stereocenters. The van der Waals surface area contributed by atoms with Gasteiger partial charge in [0.15, 0.2) is 0 Å². The van der Waals surface area contributed by atoms with Gasteiger partial charge in [0.1, 0.15) is 16.2 Å². The van der Waals surface area contributed by atoms with Crippen LogP contribution >= 0.6 is 22.9 Å². The standard InChI is InChI=1S/C19H17ClN2O3S/c1-4-25-19(24)14(9-12-5-7-13(20)8-6-12)16-21-17(23)15-10(2)11(3)26-18(15)22-16/h5-9H,4H2,1-3H3,(H,21,22,23)/b14-9-. The number of carbonyl (C=O) groups excluding carboxylic acids is 1. The molecule has 0 saturated carbocycles. The number of halogens is 1. The Morgan fingerprint density at radius 1 is 1.31 bits per heavy atom. The Hall–Kier alpha value is -2.44. The van der Waals surface area contributed by atoms with E-state index in [4.69, 9.17) is 16.3 Å². The van der Waals surface area contributed by atoms with E-state index in [-0.39, 0.29) is 23.6 Å². The van der Waals surface area contributed by atoms with E-state index < -0.39 is 5.97 Å². The first-order chi connectivity index (χ1) is 12.4. The maximum absolute atomic E-state index is 12.5. The van der Waals surface area contributed by atoms with Crippen LogP contribution < -0.4 is 5.56 Å². The Kier molecular flexibility index (Phi) is 5.25. The molecule has 26 heavy (non-hydrogen) atoms. The molecule has 0 aliphatic rings. The first-order valence-corrected chi connectivity index (χ1v) is 9.25. The zero-order chi connectivity index (χ0) is 18.8. The minimum Gasteiger partial charge on any atom is -0.462 e. The summed E-state index contributed by atoms with van der Waals surface area (Å²) >= 11 is 7.34. The number of rotatable bonds is 4. The molecule has 0 saturated heterocycles. The smallest absolute Gasteiger partial charge is 0.341 e. The highest BCUT2D eigenvalue weighted by molar-refractivity contribution is 7.18. The molecule has 2 aromatic heterocycles. The monoisotopic (exact) mass is 388 g/mol. The fraction of sp³-hybridized carbons (Fsp3) is 0.211. The molecular formula is C19H17ClN2O3S. The highest BCUT2D eigenvalue weighted by Crippen LogP contribution is 2.27. The van der Waals surface area contributed by atoms with E-state index >= 15 is 0 Å². The Labute approximate surface area is 159 Å². The van der Waals surface area contributed by atoms with Gasteiger partial charge in [0.2, 0.25) is 0 Å². The van der Waals surface area contributed by atoms with Crippen LogP contribution in [0.3, 0.4) is 0 Å². The number of nitrogens with one attached hydrogen (secondary N) is 1. The number of hydrogen-bond acceptors (Lipinski definition) is 5. The van der Waals surface area contributed by atoms with Crippen molar-refractivity contribution < 1.29 is 9.53 Å². The van der Waals surface area contributed by atoms with E-state index in [1.807, 2.05) is 13.8 Å². The number of esters is 1. The third kappa shape index (κ3) is 3.57. The van der Waals surface area contributed by atoms with Gasteiger partial charge in [-0.2, -0.15) is 0 Å². The first-order valence-electron chi connectivity index (χ1n) is 8.05. The second-order valence-electron chi connectivity index (χ2n) is 5.71. The van der Waals surface area contributed by atoms with Crippen molar-refractivity contribution in [1.82, 2.24) is 9.97 Å². The third-order valence-electron chi connectivity index (χ3n) is 3.97. The molecular weight excluding hydrogens is 372 g/mol. The van der Waals surface area contributed by atoms with Crippen LogP contribution in [0.15, 0.2) is 29.1 Å². The number of carbonyl (C=O) groups is 1. The summed E-state index contributed by atoms with van der Waals surface area (Å²) in [4.78, 5) is 33.8. The molecule has 0 unspecified atom stereocenters. The average molecular weight is 389 g/mol. The Bertz CT molecular complexity index is 1060. The van der Waals surface area contributed by atoms with Crippen molar-refractivity contribution in [1.29, 1.82) is 0 Å². The summed E-state index contributed by atoms with van der Waals surface area (Å²) in [6.07, 6.45) is 1.63. The molecule has 3 rings (SSSR count). The number of hydrogen-bond donors (Lipinski definition) is 1. The maximum Gasteiger partial charge on any atom is 0.341 e. The van der Waals surface area contributed by atoms with E-state index in [0.717, 1.165) is 16.0 Å². The lowest BCUT2D eigenvalue weighted by Crippen LogP contribution is -2.15. The van der Waals surface area contributed by atoms with Crippen LogP contribution in [0.2, 0.25) is 5.02 Å². The molecule has 0 radical (unpaired) electrons. The van der Waals surface area contributed by atoms with Gasteiger partial charge in [-0.25, -0.2) is 9.78 Å². The van der Waals surface area contributed by atoms with Crippen molar-refractivity contribution in [3.05, 3.63) is 61.5 Å². The van der Waals surface area contributed by atoms with Gasteiger partial charge in [0.05, 0.1) is 12.0 Å². The van der Waals surface area contributed by atoms with Crippen LogP contribution in [0.5, 0.6) is 0 Å². The summed E-state index contributed by atoms with van der Waals surface area (Å²) in [6, 6.07) is 7.00. The van der Waals surface area contributed by atoms with Gasteiger partial charge in [-0.1, -0.05) is 23.7 Å². The molecule has 134 valence electrons. The van der Waals surface area contributed by atoms with Crippen LogP contribution in [0.4, 0.5) is 0 Å². The zero-order valence-corrected chi connectivity index (χ0v) is 16.1. The lowest BCUT2D eigenvalue weighted by molar-refractivity contribution is -0.136. The van der Waals surface area contributed by atoms with Gasteiger partial charge < -0.3 is 9.72 Å². The van der Waals surface area contributed by atoms with Gasteiger partial charge in [0.25, 0.3) is 5.56 Å². The van der Waals surface area contributed by atoms with Crippen molar-refractivity contribution >= 4 is 50.8 Å². The highest BCUT2D eigenvalue weighted by atomic mass is 35.5. The molecule has 0 fully saturated rings. The fourth-order valence-electron chi connectivity index (χ4n) is 2.54. The number of benzene rings is 1. The number of ether oxygens (including phenoxy) is 1. The molecule has 7 heteroatoms. The Morgan fingerprint density at radius 3 is 2.65 bits per heavy atom. The van der Waals surface area contributed by atoms with Crippen LogP contribution in [-0.4, -0.2) is 22.5 Å². The van der Waals surface area contributed by atoms with Crippen LogP contribution in [-0.2, 0) is 9.53 Å². The molecule has 0 amide bonds. The van der Waals surface area contributed by atoms with Crippen molar-refractivity contribution in [3.8, 4) is 0 Å². The largest absolute Gasteiger partial charge is 0.462 e. The van der Waals surface area contributed by atoms with E-state index in [2.05, 4.69) is 9.97 Å². The summed E-state index contributed by atoms with van der Waals surface area (Å²) in [7, 11) is 0. The van der Waals surface area contributed by atoms with E-state index in [1.165, 1.54) is 11.3 Å². The van der Waals surface area contributed by atoms with E-state index in [0.29, 0.717) is 15.2 Å². The Balaban J connectivity index is 2.18. The van der Waals surface area contributed by atoms with E-state index in [9.17, 15) is 9.59 Å². The summed E-state index contributed by atoms with van der Waals surface area (Å²) in [5, 5.41) is 1.16. The zero-order valence-electron chi connectivity index (χ0n) is 14.6. The summed E-state index contributed by atoms with van der Waals surface area (Å²) in [6.45, 7) is 5.78. The first kappa shape index (κ1) is 18.4. The van der Waals surface area contributed by atoms with Gasteiger partial charge in [-0.15, -0.1) is 11.3 Å². The van der Waals surface area contributed by atoms with Crippen LogP contribution in [0.25, 0.3) is 21.9 Å². The topological polar surface area (TPSA) is 72.0 Å². The molecule has 3 aromatic rings. The minimum absolute atomic E-state index is 0.192. The third-order valence-corrected chi connectivity index (χ3v) is 5.32. The van der Waals surface area contributed by atoms with Gasteiger partial charge >= 0.3 is 5.97 Å². The molecule has 5 nitrogen and oxygen atoms in total. The normalized spacial score (nSPS) is 11.8. The summed E-state index contributed by atoms with van der Waals surface area (Å²) in [5.41, 5.74) is 1.58. The number of thiophene rings is 1. The van der Waals surface area contributed by atoms with Crippen molar-refractivity contribution in [3.63, 3.8) is 0 Å². The number of aryl methyl sites for hydroxylation is 2. The van der Waals surface area contributed by atoms with Gasteiger partial charge in [0, 0.05) is 9.90 Å². The molecule has 0 bridgehead atoms. The second-order valence-corrected chi connectivity index (χ2v) is 7.35. The van der Waals surface area contributed by atoms with E-state index in [1.54, 1.807) is 37.3 Å². The summed E-state index contributed by atoms with van der Waals surface area (Å²) < 4.78 is 5.14. The number of aromatic nitrogens is 2. The number of fused-ring (bicyclic) bond motifs is 1. The molecule has 2 heterocycles. The van der Waals surface area contributed by atoms with Crippen molar-refractivity contribution in [2.45, 2.75) is 20.8 Å². The summed E-state index contributed by atoms with van der Waals surface area (Å²) in [5.74, 6) is -0.355. The lowest BCUT2D eigenvalue weighted by atomic mass is 10.1. The highest BCUT2D eigenvalue weighted by Gasteiger charge is 2.19. The quantitative estimate of drug-likeness (QED) is 0.532. The molecule has 1 aromatic carbocycles.